The van der Waals surface area contributed by atoms with E-state index in [4.69, 9.17) is 5.73 Å². The van der Waals surface area contributed by atoms with Gasteiger partial charge in [-0.2, -0.15) is 22.7 Å². The number of rotatable bonds is 4. The third-order valence-corrected chi connectivity index (χ3v) is 1.78. The second-order valence-corrected chi connectivity index (χ2v) is 3.10. The van der Waals surface area contributed by atoms with Crippen molar-refractivity contribution in [2.75, 3.05) is 5.73 Å². The summed E-state index contributed by atoms with van der Waals surface area (Å²) in [4.78, 5) is 0. The Balaban J connectivity index is 2.86. The number of hydrogen-bond acceptors (Lipinski definition) is 2. The summed E-state index contributed by atoms with van der Waals surface area (Å²) in [5.41, 5.74) is 5.07. The first-order valence-corrected chi connectivity index (χ1v) is 3.98. The summed E-state index contributed by atoms with van der Waals surface area (Å²) in [6.07, 6.45) is -2.66. The predicted molar refractivity (Wildman–Crippen MR) is 42.5 cm³/mol. The molecule has 2 N–H and O–H groups in total. The minimum atomic E-state index is -5.41. The Hall–Kier alpha value is -1.41. The topological polar surface area (TPSA) is 43.8 Å². The molecule has 92 valence electrons. The quantitative estimate of drug-likeness (QED) is 0.827. The minimum absolute atomic E-state index is 0.0313. The summed E-state index contributed by atoms with van der Waals surface area (Å²) in [6.45, 7) is -1.67. The number of hydrogen-bond donors (Lipinski definition) is 1. The van der Waals surface area contributed by atoms with Crippen LogP contribution in [0.4, 0.5) is 32.0 Å². The van der Waals surface area contributed by atoms with E-state index in [1.807, 2.05) is 0 Å². The van der Waals surface area contributed by atoms with E-state index >= 15 is 0 Å². The van der Waals surface area contributed by atoms with Crippen molar-refractivity contribution in [3.63, 3.8) is 0 Å². The molecule has 3 nitrogen and oxygen atoms in total. The molecule has 1 aromatic heterocycles. The molecule has 0 aliphatic heterocycles. The highest BCUT2D eigenvalue weighted by molar-refractivity contribution is 5.30. The van der Waals surface area contributed by atoms with Gasteiger partial charge < -0.3 is 5.73 Å². The molecule has 0 spiro atoms. The van der Waals surface area contributed by atoms with Gasteiger partial charge >= 0.3 is 18.3 Å². The second kappa shape index (κ2) is 3.87. The van der Waals surface area contributed by atoms with Crippen molar-refractivity contribution in [1.82, 2.24) is 9.78 Å². The zero-order valence-corrected chi connectivity index (χ0v) is 7.68. The molecule has 9 heteroatoms. The van der Waals surface area contributed by atoms with Crippen molar-refractivity contribution in [3.05, 3.63) is 12.4 Å². The van der Waals surface area contributed by atoms with E-state index in [2.05, 4.69) is 5.10 Å². The average Bonchev–Trinajstić information content (AvgIpc) is 2.49. The van der Waals surface area contributed by atoms with Crippen LogP contribution >= 0.6 is 0 Å². The standard InChI is InChI=1S/C7H7F6N3/c8-5(9)7(12,13)6(10,11)3-16-2-4(14)1-15-16/h1-2,5H,3,14H2. The van der Waals surface area contributed by atoms with Gasteiger partial charge in [0.05, 0.1) is 11.9 Å². The molecule has 1 rings (SSSR count). The Morgan fingerprint density at radius 1 is 1.31 bits per heavy atom. The van der Waals surface area contributed by atoms with Gasteiger partial charge in [-0.25, -0.2) is 8.78 Å². The monoisotopic (exact) mass is 247 g/mol. The molecular formula is C7H7F6N3. The lowest BCUT2D eigenvalue weighted by molar-refractivity contribution is -0.269. The molecular weight excluding hydrogens is 240 g/mol. The van der Waals surface area contributed by atoms with E-state index in [1.165, 1.54) is 0 Å². The van der Waals surface area contributed by atoms with Crippen molar-refractivity contribution in [2.24, 2.45) is 0 Å². The summed E-state index contributed by atoms with van der Waals surface area (Å²) in [5.74, 6) is -10.3. The van der Waals surface area contributed by atoms with Crippen LogP contribution in [0, 0.1) is 0 Å². The molecule has 1 heterocycles. The third kappa shape index (κ3) is 2.22. The van der Waals surface area contributed by atoms with E-state index < -0.39 is 24.8 Å². The summed E-state index contributed by atoms with van der Waals surface area (Å²) in [7, 11) is 0. The molecule has 0 saturated carbocycles. The molecule has 0 unspecified atom stereocenters. The number of halogens is 6. The van der Waals surface area contributed by atoms with Crippen LogP contribution in [0.15, 0.2) is 12.4 Å². The highest BCUT2D eigenvalue weighted by Gasteiger charge is 2.63. The fraction of sp³-hybridized carbons (Fsp3) is 0.571. The Morgan fingerprint density at radius 3 is 2.25 bits per heavy atom. The van der Waals surface area contributed by atoms with Crippen molar-refractivity contribution >= 4 is 5.69 Å². The average molecular weight is 247 g/mol. The van der Waals surface area contributed by atoms with Crippen molar-refractivity contribution in [1.29, 1.82) is 0 Å². The van der Waals surface area contributed by atoms with Crippen LogP contribution in [0.1, 0.15) is 0 Å². The van der Waals surface area contributed by atoms with Crippen molar-refractivity contribution in [3.8, 4) is 0 Å². The molecule has 0 saturated heterocycles. The van der Waals surface area contributed by atoms with Crippen LogP contribution in [-0.2, 0) is 6.54 Å². The molecule has 0 fully saturated rings. The van der Waals surface area contributed by atoms with Crippen LogP contribution in [0.3, 0.4) is 0 Å². The Labute approximate surface area is 85.8 Å². The van der Waals surface area contributed by atoms with E-state index in [0.29, 0.717) is 4.68 Å². The lowest BCUT2D eigenvalue weighted by atomic mass is 10.2. The van der Waals surface area contributed by atoms with E-state index in [0.717, 1.165) is 12.4 Å². The van der Waals surface area contributed by atoms with Gasteiger partial charge in [0.15, 0.2) is 0 Å². The molecule has 0 bridgehead atoms. The largest absolute Gasteiger partial charge is 0.396 e. The zero-order valence-electron chi connectivity index (χ0n) is 7.68. The molecule has 1 aromatic rings. The Morgan fingerprint density at radius 2 is 1.88 bits per heavy atom. The smallest absolute Gasteiger partial charge is 0.371 e. The van der Waals surface area contributed by atoms with Gasteiger partial charge in [0, 0.05) is 6.20 Å². The molecule has 0 radical (unpaired) electrons. The Bertz CT molecular complexity index is 361. The van der Waals surface area contributed by atoms with Crippen LogP contribution < -0.4 is 5.73 Å². The summed E-state index contributed by atoms with van der Waals surface area (Å²) >= 11 is 0. The number of nitrogens with zero attached hydrogens (tertiary/aromatic N) is 2. The maximum atomic E-state index is 12.8. The van der Waals surface area contributed by atoms with E-state index in [9.17, 15) is 26.3 Å². The van der Waals surface area contributed by atoms with Crippen molar-refractivity contribution < 1.29 is 26.3 Å². The lowest BCUT2D eigenvalue weighted by Crippen LogP contribution is -2.49. The normalized spacial score (nSPS) is 13.4. The van der Waals surface area contributed by atoms with Crippen LogP contribution in [0.25, 0.3) is 0 Å². The van der Waals surface area contributed by atoms with Gasteiger partial charge in [-0.05, 0) is 0 Å². The van der Waals surface area contributed by atoms with Gasteiger partial charge in [0.1, 0.15) is 6.54 Å². The fourth-order valence-electron chi connectivity index (χ4n) is 0.935. The van der Waals surface area contributed by atoms with E-state index in [-0.39, 0.29) is 5.69 Å². The number of anilines is 1. The second-order valence-electron chi connectivity index (χ2n) is 3.10. The highest BCUT2D eigenvalue weighted by Crippen LogP contribution is 2.40. The number of alkyl halides is 6. The first-order chi connectivity index (χ1) is 7.17. The van der Waals surface area contributed by atoms with Crippen molar-refractivity contribution in [2.45, 2.75) is 24.8 Å². The number of aromatic nitrogens is 2. The molecule has 0 amide bonds. The summed E-state index contributed by atoms with van der Waals surface area (Å²) in [5, 5.41) is 3.21. The van der Waals surface area contributed by atoms with Gasteiger partial charge in [-0.15, -0.1) is 0 Å². The minimum Gasteiger partial charge on any atom is -0.396 e. The molecule has 0 aromatic carbocycles. The number of nitrogen functional groups attached to an aromatic ring is 1. The number of nitrogens with two attached hydrogens (primary N) is 1. The molecule has 0 aliphatic carbocycles. The van der Waals surface area contributed by atoms with Crippen LogP contribution in [-0.4, -0.2) is 28.1 Å². The predicted octanol–water partition coefficient (Wildman–Crippen LogP) is 2.00. The van der Waals surface area contributed by atoms with Gasteiger partial charge in [0.2, 0.25) is 0 Å². The summed E-state index contributed by atoms with van der Waals surface area (Å²) in [6, 6.07) is 0. The molecule has 0 atom stereocenters. The summed E-state index contributed by atoms with van der Waals surface area (Å²) < 4.78 is 74.4. The van der Waals surface area contributed by atoms with Crippen LogP contribution in [0.2, 0.25) is 0 Å². The lowest BCUT2D eigenvalue weighted by Gasteiger charge is -2.25. The van der Waals surface area contributed by atoms with Gasteiger partial charge in [-0.3, -0.25) is 4.68 Å². The molecule has 16 heavy (non-hydrogen) atoms. The van der Waals surface area contributed by atoms with E-state index in [1.54, 1.807) is 0 Å². The fourth-order valence-corrected chi connectivity index (χ4v) is 0.935. The maximum absolute atomic E-state index is 12.8. The first kappa shape index (κ1) is 12.7. The highest BCUT2D eigenvalue weighted by atomic mass is 19.3. The zero-order chi connectivity index (χ0) is 12.6. The van der Waals surface area contributed by atoms with Gasteiger partial charge in [-0.1, -0.05) is 0 Å². The van der Waals surface area contributed by atoms with Gasteiger partial charge in [0.25, 0.3) is 0 Å². The first-order valence-electron chi connectivity index (χ1n) is 3.98. The van der Waals surface area contributed by atoms with Crippen LogP contribution in [0.5, 0.6) is 0 Å². The third-order valence-electron chi connectivity index (χ3n) is 1.78. The SMILES string of the molecule is Nc1cnn(CC(F)(F)C(F)(F)C(F)F)c1. The molecule has 0 aliphatic rings. The Kier molecular flexibility index (Phi) is 3.06. The maximum Gasteiger partial charge on any atom is 0.371 e.